The predicted molar refractivity (Wildman–Crippen MR) is 91.9 cm³/mol. The lowest BCUT2D eigenvalue weighted by Crippen LogP contribution is -2.15. The molecule has 0 radical (unpaired) electrons. The molecular formula is C16H22N4O2S. The molecular weight excluding hydrogens is 312 g/mol. The highest BCUT2D eigenvalue weighted by Crippen LogP contribution is 2.18. The van der Waals surface area contributed by atoms with Crippen LogP contribution >= 0.6 is 11.3 Å². The minimum Gasteiger partial charge on any atom is -0.494 e. The van der Waals surface area contributed by atoms with Gasteiger partial charge in [0.25, 0.3) is 0 Å². The molecule has 1 aromatic carbocycles. The second kappa shape index (κ2) is 8.59. The van der Waals surface area contributed by atoms with Crippen molar-refractivity contribution in [2.45, 2.75) is 33.1 Å². The Labute approximate surface area is 140 Å². The Morgan fingerprint density at radius 1 is 1.26 bits per heavy atom. The number of carbonyl (C=O) groups excluding carboxylic acids is 1. The highest BCUT2D eigenvalue weighted by Gasteiger charge is 2.07. The standard InChI is InChI=1S/C16H22N4O2S/c1-11-8-12(2)10-13(9-11)22-7-3-4-15-19-20-16(23-15)18-14(21)5-6-17/h8-10H,3-7,17H2,1-2H3,(H,18,20,21). The third-order valence-electron chi connectivity index (χ3n) is 3.08. The number of benzene rings is 1. The SMILES string of the molecule is Cc1cc(C)cc(OCCCc2nnc(NC(=O)CCN)s2)c1. The van der Waals surface area contributed by atoms with Gasteiger partial charge in [-0.05, 0) is 43.5 Å². The van der Waals surface area contributed by atoms with E-state index in [0.29, 0.717) is 24.7 Å². The predicted octanol–water partition coefficient (Wildman–Crippen LogP) is 2.45. The maximum absolute atomic E-state index is 11.4. The molecule has 23 heavy (non-hydrogen) atoms. The summed E-state index contributed by atoms with van der Waals surface area (Å²) in [5.41, 5.74) is 7.72. The zero-order valence-corrected chi connectivity index (χ0v) is 14.3. The molecule has 0 fully saturated rings. The van der Waals surface area contributed by atoms with Crippen molar-refractivity contribution in [2.75, 3.05) is 18.5 Å². The van der Waals surface area contributed by atoms with Crippen LogP contribution in [0.3, 0.4) is 0 Å². The van der Waals surface area contributed by atoms with Gasteiger partial charge in [-0.3, -0.25) is 4.79 Å². The molecule has 1 aromatic heterocycles. The minimum absolute atomic E-state index is 0.131. The molecule has 0 aliphatic rings. The van der Waals surface area contributed by atoms with Crippen molar-refractivity contribution in [2.24, 2.45) is 5.73 Å². The number of carbonyl (C=O) groups is 1. The van der Waals surface area contributed by atoms with Crippen molar-refractivity contribution in [3.05, 3.63) is 34.3 Å². The van der Waals surface area contributed by atoms with Crippen LogP contribution in [0.15, 0.2) is 18.2 Å². The summed E-state index contributed by atoms with van der Waals surface area (Å²) >= 11 is 1.39. The zero-order chi connectivity index (χ0) is 16.7. The first kappa shape index (κ1) is 17.4. The Kier molecular flexibility index (Phi) is 6.49. The van der Waals surface area contributed by atoms with Crippen LogP contribution in [0.25, 0.3) is 0 Å². The van der Waals surface area contributed by atoms with Crippen LogP contribution < -0.4 is 15.8 Å². The monoisotopic (exact) mass is 334 g/mol. The maximum atomic E-state index is 11.4. The quantitative estimate of drug-likeness (QED) is 0.724. The number of nitrogens with zero attached hydrogens (tertiary/aromatic N) is 2. The van der Waals surface area contributed by atoms with Crippen LogP contribution in [0.5, 0.6) is 5.75 Å². The summed E-state index contributed by atoms with van der Waals surface area (Å²) in [5.74, 6) is 0.767. The summed E-state index contributed by atoms with van der Waals surface area (Å²) in [7, 11) is 0. The lowest BCUT2D eigenvalue weighted by molar-refractivity contribution is -0.116. The highest BCUT2D eigenvalue weighted by molar-refractivity contribution is 7.15. The summed E-state index contributed by atoms with van der Waals surface area (Å²) < 4.78 is 5.77. The summed E-state index contributed by atoms with van der Waals surface area (Å²) in [6, 6.07) is 6.18. The molecule has 7 heteroatoms. The van der Waals surface area contributed by atoms with Gasteiger partial charge >= 0.3 is 0 Å². The van der Waals surface area contributed by atoms with Gasteiger partial charge in [0.1, 0.15) is 10.8 Å². The van der Waals surface area contributed by atoms with Gasteiger partial charge in [0, 0.05) is 19.4 Å². The van der Waals surface area contributed by atoms with Gasteiger partial charge in [-0.25, -0.2) is 0 Å². The normalized spacial score (nSPS) is 10.6. The van der Waals surface area contributed by atoms with Crippen LogP contribution in [-0.2, 0) is 11.2 Å². The Morgan fingerprint density at radius 2 is 2.00 bits per heavy atom. The van der Waals surface area contributed by atoms with Gasteiger partial charge in [-0.2, -0.15) is 0 Å². The van der Waals surface area contributed by atoms with Gasteiger partial charge in [0.2, 0.25) is 11.0 Å². The van der Waals surface area contributed by atoms with E-state index >= 15 is 0 Å². The second-order valence-corrected chi connectivity index (χ2v) is 6.43. The number of ether oxygens (including phenoxy) is 1. The molecule has 1 amide bonds. The summed E-state index contributed by atoms with van der Waals surface area (Å²) in [5, 5.41) is 12.1. The Morgan fingerprint density at radius 3 is 2.70 bits per heavy atom. The van der Waals surface area contributed by atoms with Crippen LogP contribution in [0, 0.1) is 13.8 Å². The number of aromatic nitrogens is 2. The summed E-state index contributed by atoms with van der Waals surface area (Å²) in [6.45, 7) is 5.06. The molecule has 0 unspecified atom stereocenters. The summed E-state index contributed by atoms with van der Waals surface area (Å²) in [6.07, 6.45) is 1.91. The fraction of sp³-hybridized carbons (Fsp3) is 0.438. The van der Waals surface area contributed by atoms with E-state index in [1.807, 2.05) is 12.1 Å². The van der Waals surface area contributed by atoms with E-state index < -0.39 is 0 Å². The molecule has 3 N–H and O–H groups in total. The van der Waals surface area contributed by atoms with Crippen LogP contribution in [0.2, 0.25) is 0 Å². The van der Waals surface area contributed by atoms with Crippen LogP contribution in [0.1, 0.15) is 29.0 Å². The second-order valence-electron chi connectivity index (χ2n) is 5.36. The van der Waals surface area contributed by atoms with Gasteiger partial charge in [0.15, 0.2) is 0 Å². The minimum atomic E-state index is -0.131. The van der Waals surface area contributed by atoms with Gasteiger partial charge in [0.05, 0.1) is 6.61 Å². The smallest absolute Gasteiger partial charge is 0.227 e. The lowest BCUT2D eigenvalue weighted by Gasteiger charge is -2.07. The number of nitrogens with one attached hydrogen (secondary N) is 1. The number of nitrogens with two attached hydrogens (primary N) is 1. The van der Waals surface area contributed by atoms with E-state index in [1.54, 1.807) is 0 Å². The maximum Gasteiger partial charge on any atom is 0.227 e. The molecule has 2 rings (SSSR count). The molecule has 0 saturated carbocycles. The summed E-state index contributed by atoms with van der Waals surface area (Å²) in [4.78, 5) is 11.4. The van der Waals surface area contributed by atoms with Crippen LogP contribution in [0.4, 0.5) is 5.13 Å². The van der Waals surface area contributed by atoms with E-state index in [1.165, 1.54) is 22.5 Å². The van der Waals surface area contributed by atoms with Crippen molar-refractivity contribution < 1.29 is 9.53 Å². The third-order valence-corrected chi connectivity index (χ3v) is 3.98. The number of aryl methyl sites for hydroxylation is 3. The molecule has 1 heterocycles. The van der Waals surface area contributed by atoms with Gasteiger partial charge < -0.3 is 15.8 Å². The highest BCUT2D eigenvalue weighted by atomic mass is 32.1. The largest absolute Gasteiger partial charge is 0.494 e. The molecule has 0 bridgehead atoms. The number of hydrogen-bond acceptors (Lipinski definition) is 6. The molecule has 0 atom stereocenters. The van der Waals surface area contributed by atoms with Gasteiger partial charge in [-0.15, -0.1) is 10.2 Å². The van der Waals surface area contributed by atoms with E-state index in [4.69, 9.17) is 10.5 Å². The van der Waals surface area contributed by atoms with E-state index in [-0.39, 0.29) is 5.91 Å². The van der Waals surface area contributed by atoms with E-state index in [0.717, 1.165) is 23.6 Å². The van der Waals surface area contributed by atoms with E-state index in [9.17, 15) is 4.79 Å². The average molecular weight is 334 g/mol. The first-order valence-electron chi connectivity index (χ1n) is 7.60. The first-order valence-corrected chi connectivity index (χ1v) is 8.42. The van der Waals surface area contributed by atoms with Crippen molar-refractivity contribution in [3.63, 3.8) is 0 Å². The zero-order valence-electron chi connectivity index (χ0n) is 13.5. The molecule has 6 nitrogen and oxygen atoms in total. The third kappa shape index (κ3) is 5.96. The topological polar surface area (TPSA) is 90.1 Å². The first-order chi connectivity index (χ1) is 11.1. The van der Waals surface area contributed by atoms with Crippen molar-refractivity contribution in [1.82, 2.24) is 10.2 Å². The number of hydrogen-bond donors (Lipinski definition) is 2. The van der Waals surface area contributed by atoms with Crippen molar-refractivity contribution >= 4 is 22.4 Å². The molecule has 0 spiro atoms. The Balaban J connectivity index is 1.74. The Hall–Kier alpha value is -1.99. The molecule has 2 aromatic rings. The lowest BCUT2D eigenvalue weighted by atomic mass is 10.1. The number of rotatable bonds is 8. The number of anilines is 1. The average Bonchev–Trinajstić information content (AvgIpc) is 2.90. The van der Waals surface area contributed by atoms with Crippen LogP contribution in [-0.4, -0.2) is 29.3 Å². The molecule has 0 aliphatic heterocycles. The Bertz CT molecular complexity index is 637. The van der Waals surface area contributed by atoms with Gasteiger partial charge in [-0.1, -0.05) is 17.4 Å². The number of amides is 1. The molecule has 124 valence electrons. The molecule has 0 saturated heterocycles. The van der Waals surface area contributed by atoms with Crippen molar-refractivity contribution in [1.29, 1.82) is 0 Å². The fourth-order valence-corrected chi connectivity index (χ4v) is 2.95. The van der Waals surface area contributed by atoms with Crippen molar-refractivity contribution in [3.8, 4) is 5.75 Å². The molecule has 0 aliphatic carbocycles. The van der Waals surface area contributed by atoms with E-state index in [2.05, 4.69) is 35.4 Å². The fourth-order valence-electron chi connectivity index (χ4n) is 2.15.